The van der Waals surface area contributed by atoms with Crippen LogP contribution >= 0.6 is 0 Å². The number of anilines is 4. The van der Waals surface area contributed by atoms with E-state index in [0.717, 1.165) is 71.1 Å². The first-order valence-corrected chi connectivity index (χ1v) is 9.47. The van der Waals surface area contributed by atoms with Crippen LogP contribution in [0, 0.1) is 21.3 Å². The second-order valence-electron chi connectivity index (χ2n) is 7.53. The third kappa shape index (κ3) is 6.82. The second-order valence-corrected chi connectivity index (χ2v) is 7.53. The maximum absolute atomic E-state index is 5.89. The third-order valence-corrected chi connectivity index (χ3v) is 5.07. The molecule has 0 aliphatic carbocycles. The van der Waals surface area contributed by atoms with Crippen LogP contribution < -0.4 is 22.1 Å². The lowest BCUT2D eigenvalue weighted by atomic mass is 10.2. The average Bonchev–Trinajstić information content (AvgIpc) is 2.61. The molecular formula is C23H37N5. The van der Waals surface area contributed by atoms with Crippen LogP contribution in [0.5, 0.6) is 0 Å². The SMILES string of the molecule is C=CC[N+](C)(CCNc1ccc(N)c(C)c1)CCNc1ccc(N)c(C)c1.[CH3-]. The summed E-state index contributed by atoms with van der Waals surface area (Å²) < 4.78 is 0.922. The Labute approximate surface area is 171 Å². The van der Waals surface area contributed by atoms with Crippen LogP contribution in [-0.2, 0) is 0 Å². The molecule has 2 aromatic carbocycles. The van der Waals surface area contributed by atoms with Crippen molar-refractivity contribution < 1.29 is 4.48 Å². The van der Waals surface area contributed by atoms with Gasteiger partial charge < -0.3 is 34.0 Å². The van der Waals surface area contributed by atoms with E-state index in [4.69, 9.17) is 11.5 Å². The van der Waals surface area contributed by atoms with Crippen molar-refractivity contribution >= 4 is 22.7 Å². The zero-order chi connectivity index (χ0) is 19.9. The summed E-state index contributed by atoms with van der Waals surface area (Å²) in [6, 6.07) is 12.2. The van der Waals surface area contributed by atoms with Crippen molar-refractivity contribution in [1.82, 2.24) is 0 Å². The lowest BCUT2D eigenvalue weighted by Gasteiger charge is -2.34. The van der Waals surface area contributed by atoms with Crippen molar-refractivity contribution in [3.8, 4) is 0 Å². The normalized spacial score (nSPS) is 10.8. The molecule has 28 heavy (non-hydrogen) atoms. The van der Waals surface area contributed by atoms with Crippen LogP contribution in [0.25, 0.3) is 0 Å². The van der Waals surface area contributed by atoms with Gasteiger partial charge in [-0.05, 0) is 67.4 Å². The fourth-order valence-electron chi connectivity index (χ4n) is 3.12. The van der Waals surface area contributed by atoms with Gasteiger partial charge in [0, 0.05) is 22.7 Å². The summed E-state index contributed by atoms with van der Waals surface area (Å²) in [7, 11) is 2.27. The van der Waals surface area contributed by atoms with E-state index >= 15 is 0 Å². The molecule has 0 atom stereocenters. The molecule has 5 heteroatoms. The Kier molecular flexibility index (Phi) is 8.86. The smallest absolute Gasteiger partial charge is 0.0970 e. The molecule has 6 N–H and O–H groups in total. The van der Waals surface area contributed by atoms with Gasteiger partial charge in [-0.25, -0.2) is 0 Å². The molecule has 0 aliphatic rings. The number of likely N-dealkylation sites (N-methyl/N-ethyl adjacent to an activating group) is 1. The van der Waals surface area contributed by atoms with Gasteiger partial charge in [-0.2, -0.15) is 0 Å². The first-order valence-electron chi connectivity index (χ1n) is 9.47. The van der Waals surface area contributed by atoms with Crippen LogP contribution in [0.4, 0.5) is 22.7 Å². The molecule has 5 nitrogen and oxygen atoms in total. The Morgan fingerprint density at radius 2 is 1.32 bits per heavy atom. The number of quaternary nitrogens is 1. The van der Waals surface area contributed by atoms with E-state index in [2.05, 4.69) is 36.4 Å². The van der Waals surface area contributed by atoms with Gasteiger partial charge in [-0.1, -0.05) is 6.58 Å². The van der Waals surface area contributed by atoms with Gasteiger partial charge in [0.2, 0.25) is 0 Å². The molecule has 2 aromatic rings. The molecule has 0 saturated heterocycles. The minimum absolute atomic E-state index is 0. The topological polar surface area (TPSA) is 76.1 Å². The third-order valence-electron chi connectivity index (χ3n) is 5.07. The van der Waals surface area contributed by atoms with Crippen molar-refractivity contribution in [3.63, 3.8) is 0 Å². The molecule has 0 bridgehead atoms. The van der Waals surface area contributed by atoms with Gasteiger partial charge >= 0.3 is 0 Å². The molecule has 2 rings (SSSR count). The number of nitrogens with two attached hydrogens (primary N) is 2. The fraction of sp³-hybridized carbons (Fsp3) is 0.348. The Morgan fingerprint density at radius 1 is 0.893 bits per heavy atom. The summed E-state index contributed by atoms with van der Waals surface area (Å²) in [6.07, 6.45) is 2.00. The highest BCUT2D eigenvalue weighted by molar-refractivity contribution is 5.57. The predicted octanol–water partition coefficient (Wildman–Crippen LogP) is 4.07. The van der Waals surface area contributed by atoms with Crippen LogP contribution in [0.15, 0.2) is 49.1 Å². The number of hydrogen-bond donors (Lipinski definition) is 4. The van der Waals surface area contributed by atoms with Crippen molar-refractivity contribution in [3.05, 3.63) is 67.6 Å². The first kappa shape index (κ1) is 23.4. The number of nitrogens with zero attached hydrogens (tertiary/aromatic N) is 1. The van der Waals surface area contributed by atoms with Crippen LogP contribution in [0.2, 0.25) is 0 Å². The van der Waals surface area contributed by atoms with Crippen LogP contribution in [0.3, 0.4) is 0 Å². The Balaban J connectivity index is 0.00000392. The quantitative estimate of drug-likeness (QED) is 0.216. The molecule has 0 aromatic heterocycles. The Bertz CT molecular complexity index is 712. The number of benzene rings is 2. The lowest BCUT2D eigenvalue weighted by molar-refractivity contribution is -0.900. The molecule has 0 saturated carbocycles. The Hall–Kier alpha value is -2.66. The summed E-state index contributed by atoms with van der Waals surface area (Å²) >= 11 is 0. The molecule has 0 amide bonds. The maximum atomic E-state index is 5.89. The number of nitrogens with one attached hydrogen (secondary N) is 2. The van der Waals surface area contributed by atoms with E-state index in [1.54, 1.807) is 0 Å². The van der Waals surface area contributed by atoms with Gasteiger partial charge in [0.1, 0.15) is 0 Å². The molecular weight excluding hydrogens is 346 g/mol. The van der Waals surface area contributed by atoms with E-state index < -0.39 is 0 Å². The average molecular weight is 384 g/mol. The Morgan fingerprint density at radius 3 is 1.68 bits per heavy atom. The summed E-state index contributed by atoms with van der Waals surface area (Å²) in [6.45, 7) is 12.8. The largest absolute Gasteiger partial charge is 0.399 e. The fourth-order valence-corrected chi connectivity index (χ4v) is 3.12. The predicted molar refractivity (Wildman–Crippen MR) is 126 cm³/mol. The van der Waals surface area contributed by atoms with Crippen molar-refractivity contribution in [2.75, 3.05) is 61.9 Å². The monoisotopic (exact) mass is 383 g/mol. The van der Waals surface area contributed by atoms with Crippen LogP contribution in [-0.4, -0.2) is 44.3 Å². The van der Waals surface area contributed by atoms with E-state index in [1.165, 1.54) is 0 Å². The van der Waals surface area contributed by atoms with E-state index in [9.17, 15) is 0 Å². The first-order chi connectivity index (χ1) is 12.8. The molecule has 0 heterocycles. The van der Waals surface area contributed by atoms with E-state index in [1.807, 2.05) is 44.2 Å². The standard InChI is InChI=1S/C22H34N5.CH3/c1-5-12-27(4,13-10-25-19-6-8-21(23)17(2)15-19)14-11-26-20-7-9-22(24)18(3)16-20;/h5-9,15-16,25-26H,1,10-14,23-24H2,2-4H3;1H3/q+1;-1. The summed E-state index contributed by atoms with van der Waals surface area (Å²) in [5.74, 6) is 0. The van der Waals surface area contributed by atoms with E-state index in [-0.39, 0.29) is 7.43 Å². The van der Waals surface area contributed by atoms with Gasteiger partial charge in [-0.3, -0.25) is 0 Å². The molecule has 0 fully saturated rings. The highest BCUT2D eigenvalue weighted by Crippen LogP contribution is 2.17. The summed E-state index contributed by atoms with van der Waals surface area (Å²) in [4.78, 5) is 0. The van der Waals surface area contributed by atoms with Gasteiger partial charge in [0.05, 0.1) is 39.8 Å². The van der Waals surface area contributed by atoms with Gasteiger partial charge in [-0.15, -0.1) is 0 Å². The lowest BCUT2D eigenvalue weighted by Crippen LogP contribution is -2.49. The second kappa shape index (κ2) is 10.6. The van der Waals surface area contributed by atoms with Crippen molar-refractivity contribution in [2.45, 2.75) is 13.8 Å². The maximum Gasteiger partial charge on any atom is 0.0970 e. The zero-order valence-corrected chi connectivity index (χ0v) is 17.9. The number of aryl methyl sites for hydroxylation is 2. The summed E-state index contributed by atoms with van der Waals surface area (Å²) in [5.41, 5.74) is 17.9. The number of hydrogen-bond acceptors (Lipinski definition) is 4. The van der Waals surface area contributed by atoms with Crippen molar-refractivity contribution in [2.24, 2.45) is 0 Å². The van der Waals surface area contributed by atoms with E-state index in [0.29, 0.717) is 0 Å². The van der Waals surface area contributed by atoms with Gasteiger partial charge in [0.25, 0.3) is 0 Å². The summed E-state index contributed by atoms with van der Waals surface area (Å²) in [5, 5.41) is 7.02. The minimum atomic E-state index is 0. The van der Waals surface area contributed by atoms with Crippen molar-refractivity contribution in [1.29, 1.82) is 0 Å². The molecule has 154 valence electrons. The molecule has 0 spiro atoms. The van der Waals surface area contributed by atoms with Gasteiger partial charge in [0.15, 0.2) is 0 Å². The zero-order valence-electron chi connectivity index (χ0n) is 17.9. The number of nitrogen functional groups attached to an aromatic ring is 2. The highest BCUT2D eigenvalue weighted by atomic mass is 15.3. The minimum Gasteiger partial charge on any atom is -0.399 e. The van der Waals surface area contributed by atoms with Crippen LogP contribution in [0.1, 0.15) is 11.1 Å². The molecule has 0 radical (unpaired) electrons. The molecule has 0 unspecified atom stereocenters. The molecule has 0 aliphatic heterocycles. The number of rotatable bonds is 10. The highest BCUT2D eigenvalue weighted by Gasteiger charge is 2.19.